The molecule has 0 bridgehead atoms. The van der Waals surface area contributed by atoms with E-state index in [4.69, 9.17) is 9.40 Å². The Morgan fingerprint density at radius 3 is 2.71 bits per heavy atom. The van der Waals surface area contributed by atoms with E-state index in [0.717, 1.165) is 50.0 Å². The summed E-state index contributed by atoms with van der Waals surface area (Å²) in [5.74, 6) is 2.41. The van der Waals surface area contributed by atoms with Crippen molar-refractivity contribution in [3.8, 4) is 0 Å². The summed E-state index contributed by atoms with van der Waals surface area (Å²) in [6.07, 6.45) is 8.91. The van der Waals surface area contributed by atoms with Crippen molar-refractivity contribution in [2.75, 3.05) is 44.2 Å². The predicted octanol–water partition coefficient (Wildman–Crippen LogP) is 3.44. The molecule has 3 aromatic heterocycles. The SMILES string of the molecule is O=C(c1ccco1)N1CCN(CC2CC2)[C@@H](c2cn3c(N4CCCC4)cccc3n2)C1. The number of carbonyl (C=O) groups is 1. The minimum atomic E-state index is -0.0254. The van der Waals surface area contributed by atoms with Crippen LogP contribution in [0.3, 0.4) is 0 Å². The fraction of sp³-hybridized carbons (Fsp3) is 0.500. The van der Waals surface area contributed by atoms with Gasteiger partial charge in [-0.25, -0.2) is 4.98 Å². The van der Waals surface area contributed by atoms with E-state index in [0.29, 0.717) is 12.3 Å². The molecule has 0 spiro atoms. The first-order valence-electron chi connectivity index (χ1n) is 11.6. The van der Waals surface area contributed by atoms with Crippen molar-refractivity contribution in [1.82, 2.24) is 19.2 Å². The van der Waals surface area contributed by atoms with Crippen LogP contribution in [0.25, 0.3) is 5.65 Å². The van der Waals surface area contributed by atoms with Crippen LogP contribution in [0, 0.1) is 5.92 Å². The highest BCUT2D eigenvalue weighted by molar-refractivity contribution is 5.91. The smallest absolute Gasteiger partial charge is 0.289 e. The third-order valence-electron chi connectivity index (χ3n) is 6.96. The topological polar surface area (TPSA) is 57.2 Å². The van der Waals surface area contributed by atoms with Gasteiger partial charge in [-0.1, -0.05) is 6.07 Å². The van der Waals surface area contributed by atoms with Crippen molar-refractivity contribution in [3.05, 3.63) is 54.2 Å². The molecule has 6 rings (SSSR count). The maximum absolute atomic E-state index is 13.0. The Bertz CT molecular complexity index is 1070. The molecule has 3 aliphatic rings. The lowest BCUT2D eigenvalue weighted by molar-refractivity contribution is 0.0433. The van der Waals surface area contributed by atoms with E-state index < -0.39 is 0 Å². The molecule has 1 atom stereocenters. The summed E-state index contributed by atoms with van der Waals surface area (Å²) in [5.41, 5.74) is 2.05. The summed E-state index contributed by atoms with van der Waals surface area (Å²) in [6, 6.07) is 10.0. The van der Waals surface area contributed by atoms with Crippen LogP contribution in [0.5, 0.6) is 0 Å². The predicted molar refractivity (Wildman–Crippen MR) is 118 cm³/mol. The molecule has 0 unspecified atom stereocenters. The minimum Gasteiger partial charge on any atom is -0.459 e. The quantitative estimate of drug-likeness (QED) is 0.634. The Morgan fingerprint density at radius 2 is 1.94 bits per heavy atom. The van der Waals surface area contributed by atoms with Crippen LogP contribution in [0.4, 0.5) is 5.82 Å². The van der Waals surface area contributed by atoms with Crippen LogP contribution < -0.4 is 4.90 Å². The van der Waals surface area contributed by atoms with Gasteiger partial charge in [-0.05, 0) is 55.9 Å². The van der Waals surface area contributed by atoms with E-state index in [1.54, 1.807) is 18.4 Å². The van der Waals surface area contributed by atoms with Gasteiger partial charge in [-0.15, -0.1) is 0 Å². The Labute approximate surface area is 182 Å². The van der Waals surface area contributed by atoms with Gasteiger partial charge in [-0.2, -0.15) is 0 Å². The number of hydrogen-bond acceptors (Lipinski definition) is 5. The van der Waals surface area contributed by atoms with Crippen LogP contribution >= 0.6 is 0 Å². The number of aromatic nitrogens is 2. The van der Waals surface area contributed by atoms with Crippen LogP contribution in [0.2, 0.25) is 0 Å². The van der Waals surface area contributed by atoms with Gasteiger partial charge >= 0.3 is 0 Å². The highest BCUT2D eigenvalue weighted by Crippen LogP contribution is 2.35. The number of carbonyl (C=O) groups excluding carboxylic acids is 1. The number of rotatable bonds is 5. The van der Waals surface area contributed by atoms with Gasteiger partial charge in [0.15, 0.2) is 5.76 Å². The number of imidazole rings is 1. The molecule has 0 aromatic carbocycles. The van der Waals surface area contributed by atoms with Crippen molar-refractivity contribution in [2.45, 2.75) is 31.7 Å². The van der Waals surface area contributed by atoms with E-state index in [1.807, 2.05) is 4.90 Å². The third-order valence-corrected chi connectivity index (χ3v) is 6.96. The van der Waals surface area contributed by atoms with Gasteiger partial charge in [0.2, 0.25) is 0 Å². The lowest BCUT2D eigenvalue weighted by Gasteiger charge is -2.40. The second-order valence-electron chi connectivity index (χ2n) is 9.15. The number of piperazine rings is 1. The van der Waals surface area contributed by atoms with Gasteiger partial charge in [0.1, 0.15) is 11.5 Å². The normalized spacial score (nSPS) is 22.5. The van der Waals surface area contributed by atoms with Gasteiger partial charge < -0.3 is 14.2 Å². The molecule has 3 fully saturated rings. The van der Waals surface area contributed by atoms with Crippen molar-refractivity contribution in [2.24, 2.45) is 5.92 Å². The average molecular weight is 420 g/mol. The molecule has 3 aromatic rings. The Hall–Kier alpha value is -2.80. The molecule has 31 heavy (non-hydrogen) atoms. The summed E-state index contributed by atoms with van der Waals surface area (Å²) in [7, 11) is 0. The molecule has 1 aliphatic carbocycles. The van der Waals surface area contributed by atoms with Crippen molar-refractivity contribution < 1.29 is 9.21 Å². The molecule has 1 saturated carbocycles. The second kappa shape index (κ2) is 7.71. The van der Waals surface area contributed by atoms with E-state index >= 15 is 0 Å². The monoisotopic (exact) mass is 419 g/mol. The summed E-state index contributed by atoms with van der Waals surface area (Å²) >= 11 is 0. The highest BCUT2D eigenvalue weighted by atomic mass is 16.3. The lowest BCUT2D eigenvalue weighted by atomic mass is 10.1. The van der Waals surface area contributed by atoms with Crippen LogP contribution in [0.1, 0.15) is 48.0 Å². The van der Waals surface area contributed by atoms with Crippen molar-refractivity contribution >= 4 is 17.4 Å². The molecule has 2 saturated heterocycles. The fourth-order valence-corrected chi connectivity index (χ4v) is 5.07. The molecule has 1 amide bonds. The number of hydrogen-bond donors (Lipinski definition) is 0. The van der Waals surface area contributed by atoms with Gasteiger partial charge in [-0.3, -0.25) is 14.1 Å². The van der Waals surface area contributed by atoms with E-state index in [2.05, 4.69) is 38.6 Å². The first-order valence-corrected chi connectivity index (χ1v) is 11.6. The first-order chi connectivity index (χ1) is 15.3. The standard InChI is InChI=1S/C24H29N5O2/c30-24(21-5-4-14-31-21)28-13-12-27(15-18-8-9-18)20(17-28)19-16-29-22(25-19)6-3-7-23(29)26-10-1-2-11-26/h3-7,14,16,18,20H,1-2,8-13,15,17H2/t20-/m1/s1. The zero-order valence-corrected chi connectivity index (χ0v) is 17.8. The van der Waals surface area contributed by atoms with Crippen molar-refractivity contribution in [1.29, 1.82) is 0 Å². The van der Waals surface area contributed by atoms with Gasteiger partial charge in [0.05, 0.1) is 18.0 Å². The van der Waals surface area contributed by atoms with E-state index in [1.165, 1.54) is 31.5 Å². The summed E-state index contributed by atoms with van der Waals surface area (Å²) < 4.78 is 7.62. The largest absolute Gasteiger partial charge is 0.459 e. The molecule has 5 heterocycles. The number of furan rings is 1. The Kier molecular flexibility index (Phi) is 4.71. The van der Waals surface area contributed by atoms with Gasteiger partial charge in [0, 0.05) is 45.5 Å². The zero-order chi connectivity index (χ0) is 20.8. The van der Waals surface area contributed by atoms with Crippen molar-refractivity contribution in [3.63, 3.8) is 0 Å². The lowest BCUT2D eigenvalue weighted by Crippen LogP contribution is -2.51. The first kappa shape index (κ1) is 18.9. The second-order valence-corrected chi connectivity index (χ2v) is 9.15. The van der Waals surface area contributed by atoms with E-state index in [-0.39, 0.29) is 11.9 Å². The minimum absolute atomic E-state index is 0.0254. The van der Waals surface area contributed by atoms with Crippen LogP contribution in [0.15, 0.2) is 47.2 Å². The molecular weight excluding hydrogens is 390 g/mol. The van der Waals surface area contributed by atoms with Crippen LogP contribution in [-0.2, 0) is 0 Å². The number of fused-ring (bicyclic) bond motifs is 1. The molecule has 7 heteroatoms. The number of anilines is 1. The maximum Gasteiger partial charge on any atom is 0.289 e. The zero-order valence-electron chi connectivity index (χ0n) is 17.8. The average Bonchev–Trinajstić information content (AvgIpc) is 3.26. The van der Waals surface area contributed by atoms with Crippen LogP contribution in [-0.4, -0.2) is 64.4 Å². The molecule has 0 N–H and O–H groups in total. The molecule has 2 aliphatic heterocycles. The fourth-order valence-electron chi connectivity index (χ4n) is 5.07. The molecular formula is C24H29N5O2. The Balaban J connectivity index is 1.32. The molecule has 0 radical (unpaired) electrons. The number of nitrogens with zero attached hydrogens (tertiary/aromatic N) is 5. The maximum atomic E-state index is 13.0. The number of pyridine rings is 1. The molecule has 162 valence electrons. The summed E-state index contributed by atoms with van der Waals surface area (Å²) in [6.45, 7) is 5.57. The van der Waals surface area contributed by atoms with E-state index in [9.17, 15) is 4.79 Å². The van der Waals surface area contributed by atoms with Gasteiger partial charge in [0.25, 0.3) is 5.91 Å². The summed E-state index contributed by atoms with van der Waals surface area (Å²) in [4.78, 5) is 24.9. The third kappa shape index (κ3) is 3.61. The number of amides is 1. The Morgan fingerprint density at radius 1 is 1.06 bits per heavy atom. The molecule has 7 nitrogen and oxygen atoms in total. The summed E-state index contributed by atoms with van der Waals surface area (Å²) in [5, 5.41) is 0. The highest BCUT2D eigenvalue weighted by Gasteiger charge is 2.36.